The van der Waals surface area contributed by atoms with Crippen molar-refractivity contribution in [2.24, 2.45) is 0 Å². The maximum atomic E-state index is 12.7. The molecule has 0 aliphatic heterocycles. The van der Waals surface area contributed by atoms with Crippen LogP contribution in [0, 0.1) is 0 Å². The molecule has 0 spiro atoms. The van der Waals surface area contributed by atoms with E-state index >= 15 is 0 Å². The van der Waals surface area contributed by atoms with Crippen LogP contribution in [0.1, 0.15) is 35.9 Å². The normalized spacial score (nSPS) is 11.5. The first-order valence-corrected chi connectivity index (χ1v) is 8.84. The van der Waals surface area contributed by atoms with Crippen LogP contribution in [0.25, 0.3) is 0 Å². The number of benzene rings is 1. The summed E-state index contributed by atoms with van der Waals surface area (Å²) in [6.45, 7) is 4.46. The van der Waals surface area contributed by atoms with E-state index in [0.29, 0.717) is 18.0 Å². The molecular formula is C21H22N4O2. The van der Waals surface area contributed by atoms with Crippen molar-refractivity contribution in [3.8, 4) is 5.75 Å². The Morgan fingerprint density at radius 2 is 1.81 bits per heavy atom. The van der Waals surface area contributed by atoms with Crippen LogP contribution < -0.4 is 15.4 Å². The molecule has 0 bridgehead atoms. The molecule has 1 atom stereocenters. The predicted octanol–water partition coefficient (Wildman–Crippen LogP) is 4.11. The van der Waals surface area contributed by atoms with E-state index in [4.69, 9.17) is 4.74 Å². The fraction of sp³-hybridized carbons (Fsp3) is 0.190. The van der Waals surface area contributed by atoms with E-state index in [1.807, 2.05) is 56.3 Å². The Balaban J connectivity index is 1.74. The van der Waals surface area contributed by atoms with Gasteiger partial charge in [-0.1, -0.05) is 6.07 Å². The molecule has 2 N–H and O–H groups in total. The van der Waals surface area contributed by atoms with Gasteiger partial charge >= 0.3 is 0 Å². The topological polar surface area (TPSA) is 76.1 Å². The Morgan fingerprint density at radius 1 is 1.04 bits per heavy atom. The molecule has 6 heteroatoms. The average Bonchev–Trinajstić information content (AvgIpc) is 2.70. The Kier molecular flexibility index (Phi) is 5.99. The number of pyridine rings is 2. The summed E-state index contributed by atoms with van der Waals surface area (Å²) >= 11 is 0. The van der Waals surface area contributed by atoms with Crippen molar-refractivity contribution >= 4 is 17.4 Å². The molecule has 0 saturated heterocycles. The Bertz CT molecular complexity index is 882. The fourth-order valence-corrected chi connectivity index (χ4v) is 2.61. The highest BCUT2D eigenvalue weighted by atomic mass is 16.5. The second-order valence-electron chi connectivity index (χ2n) is 5.93. The van der Waals surface area contributed by atoms with Crippen LogP contribution in [0.15, 0.2) is 67.0 Å². The van der Waals surface area contributed by atoms with E-state index in [0.717, 1.165) is 17.1 Å². The highest BCUT2D eigenvalue weighted by molar-refractivity contribution is 5.99. The number of amides is 1. The highest BCUT2D eigenvalue weighted by Crippen LogP contribution is 2.22. The van der Waals surface area contributed by atoms with Gasteiger partial charge in [0.15, 0.2) is 0 Å². The van der Waals surface area contributed by atoms with E-state index in [9.17, 15) is 4.79 Å². The molecule has 0 aliphatic carbocycles. The smallest absolute Gasteiger partial charge is 0.255 e. The molecule has 0 saturated carbocycles. The number of aromatic nitrogens is 2. The molecule has 2 heterocycles. The molecular weight excluding hydrogens is 340 g/mol. The van der Waals surface area contributed by atoms with E-state index in [-0.39, 0.29) is 11.9 Å². The van der Waals surface area contributed by atoms with Gasteiger partial charge in [-0.15, -0.1) is 0 Å². The van der Waals surface area contributed by atoms with Crippen LogP contribution in [-0.2, 0) is 0 Å². The molecule has 0 aliphatic rings. The quantitative estimate of drug-likeness (QED) is 0.661. The van der Waals surface area contributed by atoms with Crippen LogP contribution in [0.3, 0.4) is 0 Å². The lowest BCUT2D eigenvalue weighted by Crippen LogP contribution is -2.28. The van der Waals surface area contributed by atoms with E-state index in [1.165, 1.54) is 0 Å². The largest absolute Gasteiger partial charge is 0.494 e. The number of hydrogen-bond donors (Lipinski definition) is 2. The zero-order chi connectivity index (χ0) is 19.1. The van der Waals surface area contributed by atoms with Gasteiger partial charge in [0.2, 0.25) is 0 Å². The van der Waals surface area contributed by atoms with Gasteiger partial charge in [0.25, 0.3) is 5.91 Å². The molecule has 6 nitrogen and oxygen atoms in total. The number of hydrogen-bond acceptors (Lipinski definition) is 5. The second kappa shape index (κ2) is 8.80. The van der Waals surface area contributed by atoms with Gasteiger partial charge in [0.1, 0.15) is 11.6 Å². The van der Waals surface area contributed by atoms with E-state index in [1.54, 1.807) is 24.5 Å². The van der Waals surface area contributed by atoms with Gasteiger partial charge in [-0.25, -0.2) is 4.98 Å². The standard InChI is InChI=1S/C21H22N4O2/c1-3-27-17-11-9-16(10-12-17)25-20-18(7-6-14-23-20)21(26)24-15(2)19-8-4-5-13-22-19/h4-15H,3H2,1-2H3,(H,23,25)(H,24,26). The third kappa shape index (κ3) is 4.82. The van der Waals surface area contributed by atoms with Crippen molar-refractivity contribution in [2.45, 2.75) is 19.9 Å². The van der Waals surface area contributed by atoms with Crippen LogP contribution in [0.2, 0.25) is 0 Å². The third-order valence-electron chi connectivity index (χ3n) is 3.96. The third-order valence-corrected chi connectivity index (χ3v) is 3.96. The van der Waals surface area contributed by atoms with Crippen molar-refractivity contribution in [1.82, 2.24) is 15.3 Å². The summed E-state index contributed by atoms with van der Waals surface area (Å²) in [5.74, 6) is 1.08. The average molecular weight is 362 g/mol. The maximum absolute atomic E-state index is 12.7. The minimum Gasteiger partial charge on any atom is -0.494 e. The van der Waals surface area contributed by atoms with Gasteiger partial charge < -0.3 is 15.4 Å². The van der Waals surface area contributed by atoms with Crippen molar-refractivity contribution in [1.29, 1.82) is 0 Å². The number of ether oxygens (including phenoxy) is 1. The predicted molar refractivity (Wildman–Crippen MR) is 105 cm³/mol. The number of carbonyl (C=O) groups excluding carboxylic acids is 1. The van der Waals surface area contributed by atoms with Gasteiger partial charge in [0, 0.05) is 18.1 Å². The summed E-state index contributed by atoms with van der Waals surface area (Å²) < 4.78 is 5.45. The van der Waals surface area contributed by atoms with Crippen molar-refractivity contribution < 1.29 is 9.53 Å². The lowest BCUT2D eigenvalue weighted by Gasteiger charge is -2.15. The molecule has 0 radical (unpaired) electrons. The van der Waals surface area contributed by atoms with Crippen LogP contribution in [0.4, 0.5) is 11.5 Å². The number of rotatable bonds is 7. The van der Waals surface area contributed by atoms with Gasteiger partial charge in [-0.05, 0) is 62.4 Å². The molecule has 3 aromatic rings. The first-order chi connectivity index (χ1) is 13.2. The van der Waals surface area contributed by atoms with Crippen molar-refractivity contribution in [3.05, 3.63) is 78.2 Å². The lowest BCUT2D eigenvalue weighted by molar-refractivity contribution is 0.0939. The van der Waals surface area contributed by atoms with Crippen molar-refractivity contribution in [3.63, 3.8) is 0 Å². The Morgan fingerprint density at radius 3 is 2.52 bits per heavy atom. The molecule has 1 aromatic carbocycles. The first kappa shape index (κ1) is 18.4. The first-order valence-electron chi connectivity index (χ1n) is 8.84. The highest BCUT2D eigenvalue weighted by Gasteiger charge is 2.16. The van der Waals surface area contributed by atoms with Crippen molar-refractivity contribution in [2.75, 3.05) is 11.9 Å². The zero-order valence-corrected chi connectivity index (χ0v) is 15.3. The van der Waals surface area contributed by atoms with Gasteiger partial charge in [-0.2, -0.15) is 0 Å². The minimum absolute atomic E-state index is 0.211. The van der Waals surface area contributed by atoms with E-state index in [2.05, 4.69) is 20.6 Å². The maximum Gasteiger partial charge on any atom is 0.255 e. The SMILES string of the molecule is CCOc1ccc(Nc2ncccc2C(=O)NC(C)c2ccccn2)cc1. The number of nitrogens with one attached hydrogen (secondary N) is 2. The Labute approximate surface area is 158 Å². The molecule has 138 valence electrons. The molecule has 2 aromatic heterocycles. The summed E-state index contributed by atoms with van der Waals surface area (Å²) in [5.41, 5.74) is 2.09. The summed E-state index contributed by atoms with van der Waals surface area (Å²) in [6, 6.07) is 16.4. The lowest BCUT2D eigenvalue weighted by atomic mass is 10.1. The van der Waals surface area contributed by atoms with Gasteiger partial charge in [-0.3, -0.25) is 9.78 Å². The molecule has 3 rings (SSSR count). The summed E-state index contributed by atoms with van der Waals surface area (Å²) in [6.07, 6.45) is 3.36. The zero-order valence-electron chi connectivity index (χ0n) is 15.3. The summed E-state index contributed by atoms with van der Waals surface area (Å²) in [4.78, 5) is 21.3. The van der Waals surface area contributed by atoms with Crippen LogP contribution in [-0.4, -0.2) is 22.5 Å². The monoisotopic (exact) mass is 362 g/mol. The molecule has 27 heavy (non-hydrogen) atoms. The summed E-state index contributed by atoms with van der Waals surface area (Å²) in [5, 5.41) is 6.16. The number of carbonyl (C=O) groups is 1. The Hall–Kier alpha value is -3.41. The molecule has 1 amide bonds. The van der Waals surface area contributed by atoms with Crippen LogP contribution in [0.5, 0.6) is 5.75 Å². The molecule has 0 fully saturated rings. The number of nitrogens with zero attached hydrogens (tertiary/aromatic N) is 2. The number of anilines is 2. The van der Waals surface area contributed by atoms with Crippen LogP contribution >= 0.6 is 0 Å². The summed E-state index contributed by atoms with van der Waals surface area (Å²) in [7, 11) is 0. The fourth-order valence-electron chi connectivity index (χ4n) is 2.61. The minimum atomic E-state index is -0.213. The second-order valence-corrected chi connectivity index (χ2v) is 5.93. The molecule has 1 unspecified atom stereocenters. The van der Waals surface area contributed by atoms with Gasteiger partial charge in [0.05, 0.1) is 23.9 Å². The van der Waals surface area contributed by atoms with E-state index < -0.39 is 0 Å².